The molecule has 0 aliphatic rings. The van der Waals surface area contributed by atoms with Crippen molar-refractivity contribution in [3.8, 4) is 0 Å². The molecule has 0 saturated carbocycles. The van der Waals surface area contributed by atoms with E-state index in [2.05, 4.69) is 20.9 Å². The smallest absolute Gasteiger partial charge is 0.268 e. The summed E-state index contributed by atoms with van der Waals surface area (Å²) in [7, 11) is 0. The lowest BCUT2D eigenvalue weighted by atomic mass is 10.1. The second kappa shape index (κ2) is 8.72. The minimum Gasteiger partial charge on any atom is -0.268 e. The summed E-state index contributed by atoms with van der Waals surface area (Å²) < 4.78 is 1.26. The third kappa shape index (κ3) is 4.29. The fourth-order valence-electron chi connectivity index (χ4n) is 2.62. The number of pyridine rings is 1. The zero-order valence-corrected chi connectivity index (χ0v) is 15.3. The van der Waals surface area contributed by atoms with Gasteiger partial charge in [-0.05, 0) is 30.7 Å². The Labute approximate surface area is 160 Å². The molecule has 2 N–H and O–H groups in total. The molecule has 0 fully saturated rings. The number of amides is 2. The van der Waals surface area contributed by atoms with E-state index >= 15 is 0 Å². The average molecular weight is 377 g/mol. The van der Waals surface area contributed by atoms with Gasteiger partial charge in [-0.2, -0.15) is 5.10 Å². The fourth-order valence-corrected chi connectivity index (χ4v) is 2.62. The van der Waals surface area contributed by atoms with Crippen molar-refractivity contribution in [2.45, 2.75) is 19.9 Å². The first-order chi connectivity index (χ1) is 13.6. The first-order valence-corrected chi connectivity index (χ1v) is 8.79. The summed E-state index contributed by atoms with van der Waals surface area (Å²) in [5.74, 6) is -1.13. The lowest BCUT2D eigenvalue weighted by Crippen LogP contribution is -2.42. The van der Waals surface area contributed by atoms with Gasteiger partial charge in [-0.15, -0.1) is 0 Å². The molecule has 8 nitrogen and oxygen atoms in total. The largest absolute Gasteiger partial charge is 0.290 e. The van der Waals surface area contributed by atoms with Crippen LogP contribution in [0.3, 0.4) is 0 Å². The Morgan fingerprint density at radius 2 is 1.82 bits per heavy atom. The van der Waals surface area contributed by atoms with Gasteiger partial charge in [0.25, 0.3) is 17.4 Å². The molecule has 0 spiro atoms. The van der Waals surface area contributed by atoms with Crippen LogP contribution in [0.4, 0.5) is 0 Å². The van der Waals surface area contributed by atoms with Crippen molar-refractivity contribution in [1.82, 2.24) is 25.6 Å². The summed E-state index contributed by atoms with van der Waals surface area (Å²) in [5, 5.41) is 5.00. The van der Waals surface area contributed by atoms with Gasteiger partial charge in [0.15, 0.2) is 5.69 Å². The highest BCUT2D eigenvalue weighted by Gasteiger charge is 2.16. The zero-order valence-electron chi connectivity index (χ0n) is 15.3. The third-order valence-corrected chi connectivity index (χ3v) is 3.91. The summed E-state index contributed by atoms with van der Waals surface area (Å²) in [6.07, 6.45) is 5.09. The van der Waals surface area contributed by atoms with Crippen LogP contribution in [0.2, 0.25) is 0 Å². The normalized spacial score (nSPS) is 10.9. The van der Waals surface area contributed by atoms with Gasteiger partial charge in [0.2, 0.25) is 0 Å². The van der Waals surface area contributed by atoms with Crippen LogP contribution in [-0.2, 0) is 11.3 Å². The number of carbonyl (C=O) groups excluding carboxylic acids is 2. The molecule has 2 amide bonds. The Hall–Kier alpha value is -3.81. The van der Waals surface area contributed by atoms with Crippen LogP contribution in [0.5, 0.6) is 0 Å². The highest BCUT2D eigenvalue weighted by molar-refractivity contribution is 6.05. The van der Waals surface area contributed by atoms with Crippen LogP contribution in [0, 0.1) is 0 Å². The summed E-state index contributed by atoms with van der Waals surface area (Å²) >= 11 is 0. The van der Waals surface area contributed by atoms with Crippen molar-refractivity contribution in [2.75, 3.05) is 0 Å². The Morgan fingerprint density at radius 3 is 2.54 bits per heavy atom. The van der Waals surface area contributed by atoms with Gasteiger partial charge in [0.05, 0.1) is 11.1 Å². The molecule has 8 heteroatoms. The highest BCUT2D eigenvalue weighted by Crippen LogP contribution is 2.13. The standard InChI is InChI=1S/C20H19N5O3/c1-2-13-25-20(28)16-9-4-3-8-15(16)18(24-25)19(27)23-22-17(26)11-10-14-7-5-6-12-21-14/h3-12H,2,13H2,1H3,(H,22,26)(H,23,27)/b11-10+. The average Bonchev–Trinajstić information content (AvgIpc) is 2.73. The van der Waals surface area contributed by atoms with Crippen LogP contribution in [0.15, 0.2) is 59.5 Å². The number of benzene rings is 1. The predicted octanol–water partition coefficient (Wildman–Crippen LogP) is 1.68. The van der Waals surface area contributed by atoms with Crippen molar-refractivity contribution in [2.24, 2.45) is 0 Å². The maximum absolute atomic E-state index is 12.6. The molecule has 0 aliphatic carbocycles. The topological polar surface area (TPSA) is 106 Å². The molecule has 142 valence electrons. The molecule has 1 aromatic carbocycles. The number of hydrazine groups is 1. The first-order valence-electron chi connectivity index (χ1n) is 8.79. The SMILES string of the molecule is CCCn1nc(C(=O)NNC(=O)/C=C/c2ccccn2)c2ccccc2c1=O. The lowest BCUT2D eigenvalue weighted by molar-refractivity contribution is -0.117. The lowest BCUT2D eigenvalue weighted by Gasteiger charge is -2.10. The van der Waals surface area contributed by atoms with Gasteiger partial charge < -0.3 is 0 Å². The molecule has 0 radical (unpaired) electrons. The summed E-state index contributed by atoms with van der Waals surface area (Å²) in [6.45, 7) is 2.31. The van der Waals surface area contributed by atoms with E-state index in [4.69, 9.17) is 0 Å². The molecule has 0 saturated heterocycles. The molecule has 0 atom stereocenters. The van der Waals surface area contributed by atoms with E-state index in [0.717, 1.165) is 0 Å². The van der Waals surface area contributed by atoms with Gasteiger partial charge in [-0.3, -0.25) is 30.2 Å². The second-order valence-corrected chi connectivity index (χ2v) is 5.95. The molecular formula is C20H19N5O3. The minimum atomic E-state index is -0.611. The van der Waals surface area contributed by atoms with Crippen molar-refractivity contribution < 1.29 is 9.59 Å². The van der Waals surface area contributed by atoms with Gasteiger partial charge in [-0.1, -0.05) is 31.2 Å². The van der Waals surface area contributed by atoms with Gasteiger partial charge >= 0.3 is 0 Å². The number of hydrogen-bond donors (Lipinski definition) is 2. The van der Waals surface area contributed by atoms with Crippen LogP contribution in [0.25, 0.3) is 16.8 Å². The fraction of sp³-hybridized carbons (Fsp3) is 0.150. The summed E-state index contributed by atoms with van der Waals surface area (Å²) in [6, 6.07) is 12.1. The van der Waals surface area contributed by atoms with E-state index in [1.165, 1.54) is 16.8 Å². The minimum absolute atomic E-state index is 0.0673. The molecule has 28 heavy (non-hydrogen) atoms. The van der Waals surface area contributed by atoms with Gasteiger partial charge in [0, 0.05) is 24.2 Å². The Morgan fingerprint density at radius 1 is 1.07 bits per heavy atom. The Bertz CT molecular complexity index is 1090. The number of fused-ring (bicyclic) bond motifs is 1. The number of nitrogens with zero attached hydrogens (tertiary/aromatic N) is 3. The molecule has 0 aliphatic heterocycles. The molecular weight excluding hydrogens is 358 g/mol. The predicted molar refractivity (Wildman–Crippen MR) is 105 cm³/mol. The van der Waals surface area contributed by atoms with Crippen LogP contribution < -0.4 is 16.4 Å². The number of carbonyl (C=O) groups is 2. The molecule has 0 unspecified atom stereocenters. The maximum atomic E-state index is 12.6. The quantitative estimate of drug-likeness (QED) is 0.520. The zero-order chi connectivity index (χ0) is 19.9. The van der Waals surface area contributed by atoms with Gasteiger partial charge in [0.1, 0.15) is 0 Å². The van der Waals surface area contributed by atoms with E-state index < -0.39 is 11.8 Å². The van der Waals surface area contributed by atoms with E-state index in [-0.39, 0.29) is 11.3 Å². The van der Waals surface area contributed by atoms with E-state index in [9.17, 15) is 14.4 Å². The molecule has 0 bridgehead atoms. The Kier molecular flexibility index (Phi) is 5.91. The Balaban J connectivity index is 1.78. The number of aromatic nitrogens is 3. The van der Waals surface area contributed by atoms with Crippen LogP contribution >= 0.6 is 0 Å². The molecule has 3 aromatic rings. The molecule has 2 aromatic heterocycles. The van der Waals surface area contributed by atoms with E-state index in [1.54, 1.807) is 48.7 Å². The van der Waals surface area contributed by atoms with Crippen LogP contribution in [-0.4, -0.2) is 26.6 Å². The molecule has 3 rings (SSSR count). The second-order valence-electron chi connectivity index (χ2n) is 5.95. The number of nitrogens with one attached hydrogen (secondary N) is 2. The number of hydrogen-bond acceptors (Lipinski definition) is 5. The highest BCUT2D eigenvalue weighted by atomic mass is 16.2. The summed E-state index contributed by atoms with van der Waals surface area (Å²) in [4.78, 5) is 41.0. The number of aryl methyl sites for hydroxylation is 1. The van der Waals surface area contributed by atoms with E-state index in [0.29, 0.717) is 29.4 Å². The van der Waals surface area contributed by atoms with Crippen molar-refractivity contribution >= 4 is 28.7 Å². The van der Waals surface area contributed by atoms with E-state index in [1.807, 2.05) is 6.92 Å². The van der Waals surface area contributed by atoms with Crippen molar-refractivity contribution in [3.63, 3.8) is 0 Å². The first kappa shape index (κ1) is 19.0. The number of rotatable bonds is 5. The monoisotopic (exact) mass is 377 g/mol. The van der Waals surface area contributed by atoms with Gasteiger partial charge in [-0.25, -0.2) is 4.68 Å². The third-order valence-electron chi connectivity index (χ3n) is 3.91. The van der Waals surface area contributed by atoms with Crippen molar-refractivity contribution in [3.05, 3.63) is 76.5 Å². The summed E-state index contributed by atoms with van der Waals surface area (Å²) in [5.41, 5.74) is 5.06. The van der Waals surface area contributed by atoms with Crippen LogP contribution in [0.1, 0.15) is 29.5 Å². The maximum Gasteiger partial charge on any atom is 0.290 e. The van der Waals surface area contributed by atoms with Crippen molar-refractivity contribution in [1.29, 1.82) is 0 Å². The molecule has 2 heterocycles.